The Hall–Kier alpha value is -1.76. The summed E-state index contributed by atoms with van der Waals surface area (Å²) in [7, 11) is 3.90. The molecular weight excluding hydrogens is 620 g/mol. The number of cyclic esters (lactones) is 1. The summed E-state index contributed by atoms with van der Waals surface area (Å²) in [4.78, 5) is 48.8. The summed E-state index contributed by atoms with van der Waals surface area (Å²) in [5.74, 6) is -0.0179. The molecule has 45 heavy (non-hydrogen) atoms. The van der Waals surface area contributed by atoms with Crippen molar-refractivity contribution in [1.82, 2.24) is 0 Å². The van der Waals surface area contributed by atoms with Gasteiger partial charge in [-0.05, 0) is 70.8 Å². The van der Waals surface area contributed by atoms with Crippen molar-refractivity contribution in [2.24, 2.45) is 5.92 Å². The Morgan fingerprint density at radius 2 is 1.71 bits per heavy atom. The van der Waals surface area contributed by atoms with Gasteiger partial charge < -0.3 is 28.4 Å². The Labute approximate surface area is 274 Å². The second-order valence-electron chi connectivity index (χ2n) is 12.6. The highest BCUT2D eigenvalue weighted by Crippen LogP contribution is 2.76. The average molecular weight is 669 g/mol. The molecule has 4 fully saturated rings. The molecule has 7 unspecified atom stereocenters. The molecule has 252 valence electrons. The standard InChI is InChI=1S/C31H42O10S2.C2H6/c1-19(31-24(40-31)17-23-22-18-38-28(35)21(22)11-13-30(23)29(31,2)41-30)39-27(34)10-9-26(33)37-15-6-5-14-36-25(32)8-4-3-7-20-12-16-42-43-20;1-2/h19-20,23-24H,3-18H2,1-2H3;1-2H3. The largest absolute Gasteiger partial charge is 0.466 e. The monoisotopic (exact) mass is 668 g/mol. The van der Waals surface area contributed by atoms with Crippen molar-refractivity contribution < 1.29 is 47.6 Å². The second kappa shape index (κ2) is 14.6. The first kappa shape index (κ1) is 34.6. The van der Waals surface area contributed by atoms with Crippen LogP contribution in [0.1, 0.15) is 105 Å². The number of carbonyl (C=O) groups excluding carboxylic acids is 4. The number of rotatable bonds is 15. The molecule has 12 heteroatoms. The summed E-state index contributed by atoms with van der Waals surface area (Å²) in [5, 5.41) is 0.735. The van der Waals surface area contributed by atoms with Gasteiger partial charge in [-0.3, -0.25) is 14.4 Å². The highest BCUT2D eigenvalue weighted by Gasteiger charge is 2.91. The number of fused-ring (bicyclic) bond motifs is 3. The lowest BCUT2D eigenvalue weighted by Crippen LogP contribution is -2.55. The van der Waals surface area contributed by atoms with Crippen LogP contribution >= 0.6 is 21.6 Å². The molecule has 6 aliphatic rings. The molecule has 2 aliphatic carbocycles. The van der Waals surface area contributed by atoms with Crippen LogP contribution in [0.2, 0.25) is 0 Å². The van der Waals surface area contributed by atoms with E-state index in [4.69, 9.17) is 28.4 Å². The second-order valence-corrected chi connectivity index (χ2v) is 15.4. The minimum absolute atomic E-state index is 0.0688. The molecule has 0 bridgehead atoms. The van der Waals surface area contributed by atoms with Crippen molar-refractivity contribution in [3.05, 3.63) is 11.1 Å². The van der Waals surface area contributed by atoms with Gasteiger partial charge in [0.05, 0.1) is 32.2 Å². The van der Waals surface area contributed by atoms with Gasteiger partial charge in [-0.15, -0.1) is 0 Å². The van der Waals surface area contributed by atoms with Crippen LogP contribution in [0.3, 0.4) is 0 Å². The minimum Gasteiger partial charge on any atom is -0.466 e. The fourth-order valence-electron chi connectivity index (χ4n) is 7.84. The van der Waals surface area contributed by atoms with Crippen molar-refractivity contribution in [1.29, 1.82) is 0 Å². The number of esters is 4. The maximum atomic E-state index is 12.7. The van der Waals surface area contributed by atoms with Gasteiger partial charge in [0, 0.05) is 28.9 Å². The molecular formula is C33H48O10S2. The van der Waals surface area contributed by atoms with E-state index in [1.165, 1.54) is 18.6 Å². The molecule has 10 nitrogen and oxygen atoms in total. The molecule has 4 aliphatic heterocycles. The first-order valence-electron chi connectivity index (χ1n) is 16.8. The predicted molar refractivity (Wildman–Crippen MR) is 169 cm³/mol. The van der Waals surface area contributed by atoms with Gasteiger partial charge in [0.25, 0.3) is 0 Å². The van der Waals surface area contributed by atoms with Gasteiger partial charge in [-0.2, -0.15) is 0 Å². The minimum atomic E-state index is -0.724. The average Bonchev–Trinajstić information content (AvgIpc) is 3.74. The Morgan fingerprint density at radius 3 is 2.42 bits per heavy atom. The van der Waals surface area contributed by atoms with Crippen molar-refractivity contribution in [3.63, 3.8) is 0 Å². The van der Waals surface area contributed by atoms with E-state index in [0.717, 1.165) is 29.2 Å². The molecule has 0 N–H and O–H groups in total. The van der Waals surface area contributed by atoms with E-state index in [-0.39, 0.29) is 43.4 Å². The molecule has 4 heterocycles. The van der Waals surface area contributed by atoms with Crippen LogP contribution in [0.25, 0.3) is 0 Å². The smallest absolute Gasteiger partial charge is 0.334 e. The van der Waals surface area contributed by atoms with Gasteiger partial charge in [0.15, 0.2) is 5.60 Å². The zero-order valence-corrected chi connectivity index (χ0v) is 28.7. The highest BCUT2D eigenvalue weighted by molar-refractivity contribution is 8.77. The summed E-state index contributed by atoms with van der Waals surface area (Å²) in [6, 6.07) is 0. The number of epoxide rings is 2. The van der Waals surface area contributed by atoms with Gasteiger partial charge in [-0.1, -0.05) is 41.9 Å². The number of carbonyl (C=O) groups is 4. The molecule has 1 saturated carbocycles. The first-order chi connectivity index (χ1) is 21.7. The fourth-order valence-corrected chi connectivity index (χ4v) is 10.9. The summed E-state index contributed by atoms with van der Waals surface area (Å²) >= 11 is 0. The zero-order chi connectivity index (χ0) is 32.2. The molecule has 7 atom stereocenters. The lowest BCUT2D eigenvalue weighted by Gasteiger charge is -2.38. The quantitative estimate of drug-likeness (QED) is 0.0704. The van der Waals surface area contributed by atoms with E-state index in [2.05, 4.69) is 0 Å². The topological polar surface area (TPSA) is 130 Å². The van der Waals surface area contributed by atoms with E-state index in [1.807, 2.05) is 49.3 Å². The van der Waals surface area contributed by atoms with Gasteiger partial charge in [0.2, 0.25) is 0 Å². The number of unbranched alkanes of at least 4 members (excludes halogenated alkanes) is 2. The molecule has 0 aromatic rings. The van der Waals surface area contributed by atoms with E-state index in [0.29, 0.717) is 51.7 Å². The van der Waals surface area contributed by atoms with Gasteiger partial charge >= 0.3 is 23.9 Å². The lowest BCUT2D eigenvalue weighted by atomic mass is 9.60. The Balaban J connectivity index is 0.00000196. The third-order valence-electron chi connectivity index (χ3n) is 10.2. The zero-order valence-electron chi connectivity index (χ0n) is 27.0. The van der Waals surface area contributed by atoms with Crippen LogP contribution in [0.4, 0.5) is 0 Å². The van der Waals surface area contributed by atoms with Crippen LogP contribution in [0.15, 0.2) is 11.1 Å². The maximum Gasteiger partial charge on any atom is 0.334 e. The van der Waals surface area contributed by atoms with E-state index < -0.39 is 34.8 Å². The number of hydrogen-bond donors (Lipinski definition) is 0. The van der Waals surface area contributed by atoms with Crippen molar-refractivity contribution in [3.8, 4) is 0 Å². The van der Waals surface area contributed by atoms with E-state index in [1.54, 1.807) is 0 Å². The summed E-state index contributed by atoms with van der Waals surface area (Å²) in [5.41, 5.74) is 0.0807. The van der Waals surface area contributed by atoms with Crippen LogP contribution in [0, 0.1) is 5.92 Å². The van der Waals surface area contributed by atoms with Gasteiger partial charge in [0.1, 0.15) is 23.9 Å². The number of ether oxygens (including phenoxy) is 6. The lowest BCUT2D eigenvalue weighted by molar-refractivity contribution is -0.156. The van der Waals surface area contributed by atoms with E-state index in [9.17, 15) is 19.2 Å². The molecule has 0 amide bonds. The molecule has 0 aromatic carbocycles. The molecule has 0 aromatic heterocycles. The summed E-state index contributed by atoms with van der Waals surface area (Å²) in [6.45, 7) is 8.71. The Morgan fingerprint density at radius 1 is 1.00 bits per heavy atom. The van der Waals surface area contributed by atoms with Crippen molar-refractivity contribution in [2.75, 3.05) is 25.6 Å². The third-order valence-corrected chi connectivity index (χ3v) is 13.2. The highest BCUT2D eigenvalue weighted by atomic mass is 33.1. The van der Waals surface area contributed by atoms with Crippen molar-refractivity contribution in [2.45, 2.75) is 139 Å². The Bertz CT molecular complexity index is 1170. The molecule has 0 radical (unpaired) electrons. The molecule has 3 saturated heterocycles. The first-order valence-corrected chi connectivity index (χ1v) is 19.1. The summed E-state index contributed by atoms with van der Waals surface area (Å²) in [6.07, 6.45) is 7.22. The van der Waals surface area contributed by atoms with Gasteiger partial charge in [-0.25, -0.2) is 4.79 Å². The fraction of sp³-hybridized carbons (Fsp3) is 0.818. The SMILES string of the molecule is CC.CC(OC(=O)CCC(=O)OCCCCOC(=O)CCCCC1CCSS1)C12OC1CC1C3=C(CCC14OC42C)C(=O)OC3. The normalized spacial score (nSPS) is 34.1. The van der Waals surface area contributed by atoms with Crippen molar-refractivity contribution >= 4 is 45.5 Å². The van der Waals surface area contributed by atoms with E-state index >= 15 is 0 Å². The van der Waals surface area contributed by atoms with Crippen LogP contribution in [-0.4, -0.2) is 83.7 Å². The van der Waals surface area contributed by atoms with Crippen LogP contribution in [0.5, 0.6) is 0 Å². The Kier molecular flexibility index (Phi) is 11.2. The predicted octanol–water partition coefficient (Wildman–Crippen LogP) is 5.64. The molecule has 6 rings (SSSR count). The molecule has 1 spiro atoms. The maximum absolute atomic E-state index is 12.7. The number of hydrogen-bond acceptors (Lipinski definition) is 12. The summed E-state index contributed by atoms with van der Waals surface area (Å²) < 4.78 is 34.3. The van der Waals surface area contributed by atoms with Crippen LogP contribution < -0.4 is 0 Å². The third kappa shape index (κ3) is 6.81. The van der Waals surface area contributed by atoms with Crippen LogP contribution in [-0.2, 0) is 47.6 Å².